The number of aromatic nitrogens is 2. The number of carbonyl (C=O) groups is 1. The molecule has 1 saturated heterocycles. The number of methoxy groups -OCH3 is 2. The zero-order valence-corrected chi connectivity index (χ0v) is 11.5. The molecule has 0 saturated carbocycles. The van der Waals surface area contributed by atoms with Gasteiger partial charge in [0.15, 0.2) is 0 Å². The van der Waals surface area contributed by atoms with E-state index in [9.17, 15) is 4.79 Å². The number of amides is 1. The highest BCUT2D eigenvalue weighted by Gasteiger charge is 2.28. The molecule has 1 unspecified atom stereocenters. The second kappa shape index (κ2) is 5.13. The van der Waals surface area contributed by atoms with Gasteiger partial charge in [0.1, 0.15) is 23.7 Å². The molecular weight excluding hydrogens is 258 g/mol. The predicted octanol–water partition coefficient (Wildman–Crippen LogP) is 1.32. The molecule has 2 N–H and O–H groups in total. The highest BCUT2D eigenvalue weighted by Crippen LogP contribution is 2.33. The first-order valence-corrected chi connectivity index (χ1v) is 6.56. The molecule has 1 aromatic heterocycles. The Morgan fingerprint density at radius 2 is 2.25 bits per heavy atom. The Balaban J connectivity index is 2.14. The van der Waals surface area contributed by atoms with Gasteiger partial charge in [-0.15, -0.1) is 0 Å². The monoisotopic (exact) mass is 275 g/mol. The van der Waals surface area contributed by atoms with Crippen molar-refractivity contribution in [1.82, 2.24) is 15.3 Å². The highest BCUT2D eigenvalue weighted by atomic mass is 16.5. The Hall–Kier alpha value is -2.08. The van der Waals surface area contributed by atoms with Gasteiger partial charge in [-0.1, -0.05) is 6.07 Å². The highest BCUT2D eigenvalue weighted by molar-refractivity contribution is 5.93. The summed E-state index contributed by atoms with van der Waals surface area (Å²) >= 11 is 0. The van der Waals surface area contributed by atoms with E-state index in [4.69, 9.17) is 9.47 Å². The van der Waals surface area contributed by atoms with E-state index in [1.807, 2.05) is 12.1 Å². The van der Waals surface area contributed by atoms with Gasteiger partial charge in [0.2, 0.25) is 5.91 Å². The lowest BCUT2D eigenvalue weighted by molar-refractivity contribution is -0.120. The number of ether oxygens (including phenoxy) is 2. The van der Waals surface area contributed by atoms with E-state index in [0.717, 1.165) is 35.4 Å². The van der Waals surface area contributed by atoms with E-state index in [-0.39, 0.29) is 11.8 Å². The fraction of sp³-hybridized carbons (Fsp3) is 0.429. The molecule has 1 aliphatic heterocycles. The summed E-state index contributed by atoms with van der Waals surface area (Å²) < 4.78 is 10.4. The third kappa shape index (κ3) is 2.02. The number of H-pyrrole nitrogens is 1. The first-order chi connectivity index (χ1) is 9.74. The number of imidazole rings is 1. The van der Waals surface area contributed by atoms with Gasteiger partial charge >= 0.3 is 0 Å². The van der Waals surface area contributed by atoms with Crippen molar-refractivity contribution in [3.63, 3.8) is 0 Å². The van der Waals surface area contributed by atoms with Gasteiger partial charge in [-0.2, -0.15) is 0 Å². The third-order valence-electron chi connectivity index (χ3n) is 3.61. The molecule has 6 heteroatoms. The smallest absolute Gasteiger partial charge is 0.227 e. The van der Waals surface area contributed by atoms with Gasteiger partial charge in [-0.3, -0.25) is 4.79 Å². The third-order valence-corrected chi connectivity index (χ3v) is 3.61. The first kappa shape index (κ1) is 12.9. The van der Waals surface area contributed by atoms with Gasteiger partial charge in [0.05, 0.1) is 18.5 Å². The second-order valence-electron chi connectivity index (χ2n) is 4.83. The van der Waals surface area contributed by atoms with Crippen molar-refractivity contribution in [2.45, 2.75) is 18.9 Å². The van der Waals surface area contributed by atoms with Gasteiger partial charge < -0.3 is 19.8 Å². The number of nitrogens with one attached hydrogen (secondary N) is 2. The van der Waals surface area contributed by atoms with Gasteiger partial charge in [-0.05, 0) is 18.1 Å². The summed E-state index contributed by atoms with van der Waals surface area (Å²) in [6.45, 7) is 1.12. The molecule has 1 aliphatic rings. The van der Waals surface area contributed by atoms with Crippen LogP contribution in [0.5, 0.6) is 5.75 Å². The Bertz CT molecular complexity index is 650. The summed E-state index contributed by atoms with van der Waals surface area (Å²) in [5, 5.41) is 2.86. The predicted molar refractivity (Wildman–Crippen MR) is 73.7 cm³/mol. The molecule has 6 nitrogen and oxygen atoms in total. The number of hydrogen-bond donors (Lipinski definition) is 2. The minimum Gasteiger partial charge on any atom is -0.494 e. The largest absolute Gasteiger partial charge is 0.494 e. The van der Waals surface area contributed by atoms with Gasteiger partial charge in [0.25, 0.3) is 0 Å². The number of benzene rings is 1. The number of hydrogen-bond acceptors (Lipinski definition) is 4. The SMILES string of the molecule is COCc1nc2c(OC)ccc(C3CCNC3=O)c2[nH]1. The van der Waals surface area contributed by atoms with Crippen LogP contribution in [0.3, 0.4) is 0 Å². The Morgan fingerprint density at radius 3 is 2.90 bits per heavy atom. The summed E-state index contributed by atoms with van der Waals surface area (Å²) in [4.78, 5) is 19.6. The van der Waals surface area contributed by atoms with E-state index < -0.39 is 0 Å². The van der Waals surface area contributed by atoms with E-state index >= 15 is 0 Å². The first-order valence-electron chi connectivity index (χ1n) is 6.56. The molecule has 1 amide bonds. The van der Waals surface area contributed by atoms with Crippen LogP contribution < -0.4 is 10.1 Å². The fourth-order valence-corrected chi connectivity index (χ4v) is 2.69. The van der Waals surface area contributed by atoms with Crippen molar-refractivity contribution in [2.24, 2.45) is 0 Å². The maximum atomic E-state index is 11.9. The van der Waals surface area contributed by atoms with Crippen molar-refractivity contribution in [1.29, 1.82) is 0 Å². The number of rotatable bonds is 4. The van der Waals surface area contributed by atoms with Crippen molar-refractivity contribution >= 4 is 16.9 Å². The Labute approximate surface area is 116 Å². The van der Waals surface area contributed by atoms with E-state index in [0.29, 0.717) is 12.4 Å². The molecule has 0 radical (unpaired) electrons. The van der Waals surface area contributed by atoms with E-state index in [2.05, 4.69) is 15.3 Å². The molecule has 2 heterocycles. The molecule has 3 rings (SSSR count). The second-order valence-corrected chi connectivity index (χ2v) is 4.83. The maximum Gasteiger partial charge on any atom is 0.227 e. The van der Waals surface area contributed by atoms with Crippen LogP contribution in [-0.2, 0) is 16.1 Å². The minimum absolute atomic E-state index is 0.0689. The van der Waals surface area contributed by atoms with Crippen LogP contribution >= 0.6 is 0 Å². The molecule has 2 aromatic rings. The average molecular weight is 275 g/mol. The Morgan fingerprint density at radius 1 is 1.40 bits per heavy atom. The summed E-state index contributed by atoms with van der Waals surface area (Å²) in [7, 11) is 3.23. The molecule has 106 valence electrons. The minimum atomic E-state index is -0.126. The molecule has 20 heavy (non-hydrogen) atoms. The molecule has 0 bridgehead atoms. The molecule has 0 aliphatic carbocycles. The van der Waals surface area contributed by atoms with Crippen LogP contribution in [0.4, 0.5) is 0 Å². The quantitative estimate of drug-likeness (QED) is 0.882. The van der Waals surface area contributed by atoms with Crippen LogP contribution in [0.15, 0.2) is 12.1 Å². The van der Waals surface area contributed by atoms with Crippen molar-refractivity contribution in [3.8, 4) is 5.75 Å². The number of aromatic amines is 1. The van der Waals surface area contributed by atoms with Crippen LogP contribution in [-0.4, -0.2) is 36.6 Å². The summed E-state index contributed by atoms with van der Waals surface area (Å²) in [6, 6.07) is 3.80. The van der Waals surface area contributed by atoms with Crippen LogP contribution in [0.2, 0.25) is 0 Å². The van der Waals surface area contributed by atoms with Crippen LogP contribution in [0, 0.1) is 0 Å². The van der Waals surface area contributed by atoms with Crippen LogP contribution in [0.25, 0.3) is 11.0 Å². The van der Waals surface area contributed by atoms with Gasteiger partial charge in [-0.25, -0.2) is 4.98 Å². The fourth-order valence-electron chi connectivity index (χ4n) is 2.69. The van der Waals surface area contributed by atoms with Crippen molar-refractivity contribution in [3.05, 3.63) is 23.5 Å². The topological polar surface area (TPSA) is 76.2 Å². The maximum absolute atomic E-state index is 11.9. The summed E-state index contributed by atoms with van der Waals surface area (Å²) in [5.74, 6) is 1.37. The normalized spacial score (nSPS) is 18.5. The number of fused-ring (bicyclic) bond motifs is 1. The molecule has 1 atom stereocenters. The van der Waals surface area contributed by atoms with Gasteiger partial charge in [0, 0.05) is 13.7 Å². The molecule has 1 aromatic carbocycles. The zero-order chi connectivity index (χ0) is 14.1. The standard InChI is InChI=1S/C14H17N3O3/c1-19-7-11-16-12-8(9-5-6-15-14(9)18)3-4-10(20-2)13(12)17-11/h3-4,9H,5-7H2,1-2H3,(H,15,18)(H,16,17). The van der Waals surface area contributed by atoms with E-state index in [1.165, 1.54) is 0 Å². The van der Waals surface area contributed by atoms with Crippen molar-refractivity contribution in [2.75, 3.05) is 20.8 Å². The number of nitrogens with zero attached hydrogens (tertiary/aromatic N) is 1. The summed E-state index contributed by atoms with van der Waals surface area (Å²) in [6.07, 6.45) is 0.804. The Kier molecular flexibility index (Phi) is 3.31. The lowest BCUT2D eigenvalue weighted by atomic mass is 9.96. The zero-order valence-electron chi connectivity index (χ0n) is 11.5. The van der Waals surface area contributed by atoms with Crippen molar-refractivity contribution < 1.29 is 14.3 Å². The average Bonchev–Trinajstić information content (AvgIpc) is 3.04. The lowest BCUT2D eigenvalue weighted by Gasteiger charge is -2.10. The summed E-state index contributed by atoms with van der Waals surface area (Å²) in [5.41, 5.74) is 2.57. The van der Waals surface area contributed by atoms with Crippen LogP contribution in [0.1, 0.15) is 23.7 Å². The molecule has 0 spiro atoms. The number of carbonyl (C=O) groups excluding carboxylic acids is 1. The molecular formula is C14H17N3O3. The lowest BCUT2D eigenvalue weighted by Crippen LogP contribution is -2.18. The molecule has 1 fully saturated rings. The van der Waals surface area contributed by atoms with E-state index in [1.54, 1.807) is 14.2 Å².